The third-order valence-corrected chi connectivity index (χ3v) is 3.32. The normalized spacial score (nSPS) is 14.3. The summed E-state index contributed by atoms with van der Waals surface area (Å²) >= 11 is 0. The first-order valence-corrected chi connectivity index (χ1v) is 6.40. The number of hydrogen-bond donors (Lipinski definition) is 2. The van der Waals surface area contributed by atoms with Crippen molar-refractivity contribution in [2.24, 2.45) is 11.8 Å². The van der Waals surface area contributed by atoms with Gasteiger partial charge < -0.3 is 4.74 Å². The van der Waals surface area contributed by atoms with Gasteiger partial charge in [0.05, 0.1) is 7.11 Å². The second-order valence-corrected chi connectivity index (χ2v) is 4.71. The second-order valence-electron chi connectivity index (χ2n) is 4.71. The molecule has 1 rings (SSSR count). The quantitative estimate of drug-likeness (QED) is 0.581. The highest BCUT2D eigenvalue weighted by molar-refractivity contribution is 5.29. The molecular formula is C14H23FN2O. The summed E-state index contributed by atoms with van der Waals surface area (Å²) in [6, 6.07) is 5.22. The number of nitrogens with one attached hydrogen (secondary N) is 1. The third kappa shape index (κ3) is 3.96. The molecule has 18 heavy (non-hydrogen) atoms. The van der Waals surface area contributed by atoms with Gasteiger partial charge in [0.2, 0.25) is 0 Å². The van der Waals surface area contributed by atoms with E-state index in [1.807, 2.05) is 6.07 Å². The van der Waals surface area contributed by atoms with Crippen LogP contribution in [0.2, 0.25) is 0 Å². The van der Waals surface area contributed by atoms with Crippen LogP contribution in [-0.4, -0.2) is 13.2 Å². The number of halogens is 1. The Morgan fingerprint density at radius 3 is 2.67 bits per heavy atom. The molecule has 102 valence electrons. The van der Waals surface area contributed by atoms with E-state index in [4.69, 9.17) is 10.6 Å². The molecule has 4 heteroatoms. The van der Waals surface area contributed by atoms with Crippen LogP contribution in [0.1, 0.15) is 32.3 Å². The number of ether oxygens (including phenoxy) is 1. The standard InChI is InChI=1S/C14H23FN2O/c1-4-5-10(2)13(17-16)9-11-6-7-14(18-3)12(15)8-11/h6-8,10,13,17H,4-5,9,16H2,1-3H3. The van der Waals surface area contributed by atoms with Crippen molar-refractivity contribution in [2.75, 3.05) is 7.11 Å². The Bertz CT molecular complexity index is 371. The lowest BCUT2D eigenvalue weighted by atomic mass is 9.92. The topological polar surface area (TPSA) is 47.3 Å². The molecule has 0 saturated heterocycles. The molecule has 0 spiro atoms. The van der Waals surface area contributed by atoms with Crippen LogP contribution in [0, 0.1) is 11.7 Å². The zero-order chi connectivity index (χ0) is 13.5. The molecule has 0 aromatic heterocycles. The van der Waals surface area contributed by atoms with Gasteiger partial charge in [0.25, 0.3) is 0 Å². The van der Waals surface area contributed by atoms with Gasteiger partial charge in [-0.1, -0.05) is 26.3 Å². The van der Waals surface area contributed by atoms with E-state index < -0.39 is 0 Å². The maximum absolute atomic E-state index is 13.6. The van der Waals surface area contributed by atoms with Crippen LogP contribution in [0.5, 0.6) is 5.75 Å². The van der Waals surface area contributed by atoms with Crippen LogP contribution in [0.3, 0.4) is 0 Å². The summed E-state index contributed by atoms with van der Waals surface area (Å²) in [5.41, 5.74) is 3.76. The fourth-order valence-electron chi connectivity index (χ4n) is 2.17. The predicted molar refractivity (Wildman–Crippen MR) is 71.8 cm³/mol. The molecule has 2 atom stereocenters. The number of rotatable bonds is 7. The van der Waals surface area contributed by atoms with Crippen LogP contribution in [-0.2, 0) is 6.42 Å². The van der Waals surface area contributed by atoms with Crippen molar-refractivity contribution in [1.29, 1.82) is 0 Å². The Balaban J connectivity index is 2.72. The van der Waals surface area contributed by atoms with E-state index in [1.54, 1.807) is 6.07 Å². The molecule has 0 fully saturated rings. The van der Waals surface area contributed by atoms with Gasteiger partial charge in [-0.15, -0.1) is 0 Å². The molecule has 0 saturated carbocycles. The highest BCUT2D eigenvalue weighted by Gasteiger charge is 2.16. The van der Waals surface area contributed by atoms with Crippen molar-refractivity contribution in [3.05, 3.63) is 29.6 Å². The first-order valence-electron chi connectivity index (χ1n) is 6.40. The zero-order valence-electron chi connectivity index (χ0n) is 11.4. The first kappa shape index (κ1) is 14.9. The van der Waals surface area contributed by atoms with Crippen LogP contribution in [0.4, 0.5) is 4.39 Å². The molecule has 0 bridgehead atoms. The molecule has 3 N–H and O–H groups in total. The van der Waals surface area contributed by atoms with Crippen LogP contribution in [0.25, 0.3) is 0 Å². The molecule has 0 heterocycles. The Labute approximate surface area is 108 Å². The highest BCUT2D eigenvalue weighted by atomic mass is 19.1. The minimum absolute atomic E-state index is 0.165. The number of nitrogens with two attached hydrogens (primary N) is 1. The SMILES string of the molecule is CCCC(C)C(Cc1ccc(OC)c(F)c1)NN. The number of methoxy groups -OCH3 is 1. The maximum Gasteiger partial charge on any atom is 0.165 e. The zero-order valence-corrected chi connectivity index (χ0v) is 11.4. The summed E-state index contributed by atoms with van der Waals surface area (Å²) in [5.74, 6) is 5.99. The highest BCUT2D eigenvalue weighted by Crippen LogP contribution is 2.20. The van der Waals surface area contributed by atoms with Crippen molar-refractivity contribution in [1.82, 2.24) is 5.43 Å². The van der Waals surface area contributed by atoms with Gasteiger partial charge in [-0.3, -0.25) is 11.3 Å². The Kier molecular flexibility index (Phi) is 6.09. The van der Waals surface area contributed by atoms with Gasteiger partial charge >= 0.3 is 0 Å². The fourth-order valence-corrected chi connectivity index (χ4v) is 2.17. The lowest BCUT2D eigenvalue weighted by molar-refractivity contribution is 0.355. The van der Waals surface area contributed by atoms with Crippen molar-refractivity contribution in [3.8, 4) is 5.75 Å². The smallest absolute Gasteiger partial charge is 0.165 e. The Morgan fingerprint density at radius 1 is 1.44 bits per heavy atom. The van der Waals surface area contributed by atoms with E-state index >= 15 is 0 Å². The Morgan fingerprint density at radius 2 is 2.17 bits per heavy atom. The van der Waals surface area contributed by atoms with Crippen molar-refractivity contribution < 1.29 is 9.13 Å². The van der Waals surface area contributed by atoms with Gasteiger partial charge in [0.15, 0.2) is 11.6 Å². The van der Waals surface area contributed by atoms with Gasteiger partial charge in [-0.05, 0) is 36.5 Å². The maximum atomic E-state index is 13.6. The molecule has 1 aromatic rings. The summed E-state index contributed by atoms with van der Waals surface area (Å²) in [6.45, 7) is 4.31. The minimum Gasteiger partial charge on any atom is -0.494 e. The predicted octanol–water partition coefficient (Wildman–Crippen LogP) is 2.64. The average molecular weight is 254 g/mol. The number of hydrazine groups is 1. The van der Waals surface area contributed by atoms with Gasteiger partial charge in [0, 0.05) is 6.04 Å². The average Bonchev–Trinajstić information content (AvgIpc) is 2.36. The molecule has 0 aliphatic rings. The first-order chi connectivity index (χ1) is 8.62. The fraction of sp³-hybridized carbons (Fsp3) is 0.571. The van der Waals surface area contributed by atoms with E-state index in [0.717, 1.165) is 24.8 Å². The van der Waals surface area contributed by atoms with Gasteiger partial charge in [-0.2, -0.15) is 0 Å². The molecule has 2 unspecified atom stereocenters. The van der Waals surface area contributed by atoms with Crippen molar-refractivity contribution in [3.63, 3.8) is 0 Å². The van der Waals surface area contributed by atoms with E-state index in [1.165, 1.54) is 13.2 Å². The summed E-state index contributed by atoms with van der Waals surface area (Å²) in [4.78, 5) is 0. The van der Waals surface area contributed by atoms with Crippen LogP contribution in [0.15, 0.2) is 18.2 Å². The number of hydrogen-bond acceptors (Lipinski definition) is 3. The lowest BCUT2D eigenvalue weighted by Gasteiger charge is -2.23. The van der Waals surface area contributed by atoms with E-state index in [9.17, 15) is 4.39 Å². The molecule has 1 aromatic carbocycles. The molecule has 0 amide bonds. The summed E-state index contributed by atoms with van der Waals surface area (Å²) in [6.07, 6.45) is 2.95. The van der Waals surface area contributed by atoms with E-state index in [0.29, 0.717) is 5.92 Å². The van der Waals surface area contributed by atoms with Gasteiger partial charge in [-0.25, -0.2) is 4.39 Å². The third-order valence-electron chi connectivity index (χ3n) is 3.32. The van der Waals surface area contributed by atoms with Gasteiger partial charge in [0.1, 0.15) is 0 Å². The second kappa shape index (κ2) is 7.34. The molecular weight excluding hydrogens is 231 g/mol. The summed E-state index contributed by atoms with van der Waals surface area (Å²) < 4.78 is 18.5. The van der Waals surface area contributed by atoms with E-state index in [2.05, 4.69) is 19.3 Å². The molecule has 0 aliphatic carbocycles. The van der Waals surface area contributed by atoms with Crippen molar-refractivity contribution in [2.45, 2.75) is 39.2 Å². The van der Waals surface area contributed by atoms with Crippen molar-refractivity contribution >= 4 is 0 Å². The number of benzene rings is 1. The molecule has 0 aliphatic heterocycles. The van der Waals surface area contributed by atoms with Crippen LogP contribution >= 0.6 is 0 Å². The lowest BCUT2D eigenvalue weighted by Crippen LogP contribution is -2.41. The van der Waals surface area contributed by atoms with E-state index in [-0.39, 0.29) is 17.6 Å². The largest absolute Gasteiger partial charge is 0.494 e. The summed E-state index contributed by atoms with van der Waals surface area (Å²) in [7, 11) is 1.46. The van der Waals surface area contributed by atoms with Crippen LogP contribution < -0.4 is 16.0 Å². The minimum atomic E-state index is -0.325. The monoisotopic (exact) mass is 254 g/mol. The molecule has 3 nitrogen and oxygen atoms in total. The Hall–Kier alpha value is -1.13. The molecule has 0 radical (unpaired) electrons. The summed E-state index contributed by atoms with van der Waals surface area (Å²) in [5, 5.41) is 0.